The number of rotatable bonds is 44. The van der Waals surface area contributed by atoms with Gasteiger partial charge in [-0.05, 0) is 99.6 Å². The molecule has 26 heteroatoms. The van der Waals surface area contributed by atoms with Crippen LogP contribution in [0.2, 0.25) is 0 Å². The van der Waals surface area contributed by atoms with Gasteiger partial charge in [-0.3, -0.25) is 57.6 Å². The van der Waals surface area contributed by atoms with Crippen LogP contribution in [0.4, 0.5) is 4.79 Å². The summed E-state index contributed by atoms with van der Waals surface area (Å²) in [4.78, 5) is 176. The van der Waals surface area contributed by atoms with E-state index >= 15 is 19.2 Å². The molecule has 0 radical (unpaired) electrons. The number of hydrogen-bond donors (Lipinski definition) is 6. The van der Waals surface area contributed by atoms with Crippen molar-refractivity contribution in [2.24, 2.45) is 35.5 Å². The minimum Gasteiger partial charge on any atom is -0.396 e. The molecule has 0 spiro atoms. The number of amides is 13. The van der Waals surface area contributed by atoms with Crippen LogP contribution in [0.1, 0.15) is 187 Å². The fourth-order valence-corrected chi connectivity index (χ4v) is 12.2. The lowest BCUT2D eigenvalue weighted by molar-refractivity contribution is -0.148. The van der Waals surface area contributed by atoms with Crippen molar-refractivity contribution in [2.75, 3.05) is 75.3 Å². The van der Waals surface area contributed by atoms with Crippen molar-refractivity contribution in [3.05, 3.63) is 0 Å². The summed E-state index contributed by atoms with van der Waals surface area (Å²) in [7, 11) is 11.5. The van der Waals surface area contributed by atoms with Crippen LogP contribution in [0.5, 0.6) is 0 Å². The average Bonchev–Trinajstić information content (AvgIpc) is 0.835. The average molecular weight is 1320 g/mol. The molecule has 0 heterocycles. The molecular formula is C66H122N12O13S. The lowest BCUT2D eigenvalue weighted by atomic mass is 9.93. The number of aliphatic hydroxyl groups is 1. The topological polar surface area (TPSA) is 308 Å². The van der Waals surface area contributed by atoms with E-state index in [0.717, 1.165) is 43.4 Å². The zero-order chi connectivity index (χ0) is 71.0. The third-order valence-corrected chi connectivity index (χ3v) is 18.1. The fourth-order valence-electron chi connectivity index (χ4n) is 11.0. The zero-order valence-electron chi connectivity index (χ0n) is 60.1. The van der Waals surface area contributed by atoms with Crippen LogP contribution >= 0.6 is 11.8 Å². The Balaban J connectivity index is 7.54. The monoisotopic (exact) mass is 1320 g/mol. The highest BCUT2D eigenvalue weighted by atomic mass is 32.2. The van der Waals surface area contributed by atoms with Crippen LogP contribution in [-0.4, -0.2) is 240 Å². The molecule has 0 bridgehead atoms. The van der Waals surface area contributed by atoms with E-state index in [1.54, 1.807) is 34.6 Å². The summed E-state index contributed by atoms with van der Waals surface area (Å²) in [6.45, 7) is 25.6. The Morgan fingerprint density at radius 2 is 0.978 bits per heavy atom. The number of nitrogens with zero attached hydrogens (tertiary/aromatic N) is 7. The Labute approximate surface area is 555 Å². The Hall–Kier alpha value is -6.05. The van der Waals surface area contributed by atoms with Gasteiger partial charge in [0, 0.05) is 76.5 Å². The molecule has 6 N–H and O–H groups in total. The Morgan fingerprint density at radius 3 is 1.47 bits per heavy atom. The first kappa shape index (κ1) is 85.9. The number of aliphatic hydroxyl groups excluding tert-OH is 1. The van der Waals surface area contributed by atoms with Gasteiger partial charge in [0.15, 0.2) is 5.37 Å². The second-order valence-corrected chi connectivity index (χ2v) is 28.1. The highest BCUT2D eigenvalue weighted by molar-refractivity contribution is 8.00. The van der Waals surface area contributed by atoms with Gasteiger partial charge in [-0.25, -0.2) is 4.79 Å². The molecule has 0 aromatic rings. The first-order valence-corrected chi connectivity index (χ1v) is 34.3. The SMILES string of the molecule is CC[C@H](NC(=O)C(C[C@H](C)CCCCCCNC(C)=O)N(C)C(=O)[C@H](C(C)C)N(C)C(=O)N(C)C(=O)[C@H](CC(C)C)N(C)C=O)C(=O)N(C)[C@H](SCCCCCCO)C(=O)N(C)[C@@H](CC(C)C)C(=O)N[C@H](C(=O)N(C)[C@@H](CC(C)C)C(=O)N[C@@H](C)C(=O)NC)C(C)C. The maximum atomic E-state index is 15.2. The molecule has 0 saturated heterocycles. The molecule has 0 aliphatic carbocycles. The molecule has 0 fully saturated rings. The number of imide groups is 1. The molecule has 1 unspecified atom stereocenters. The fraction of sp³-hybridized carbons (Fsp3) is 0.818. The summed E-state index contributed by atoms with van der Waals surface area (Å²) in [6.07, 6.45) is 8.03. The van der Waals surface area contributed by atoms with E-state index in [9.17, 15) is 43.5 Å². The first-order valence-electron chi connectivity index (χ1n) is 33.3. The van der Waals surface area contributed by atoms with Gasteiger partial charge >= 0.3 is 6.03 Å². The summed E-state index contributed by atoms with van der Waals surface area (Å²) in [6, 6.07) is -9.54. The second kappa shape index (κ2) is 43.8. The summed E-state index contributed by atoms with van der Waals surface area (Å²) >= 11 is 1.19. The van der Waals surface area contributed by atoms with E-state index in [0.29, 0.717) is 38.0 Å². The largest absolute Gasteiger partial charge is 0.396 e. The van der Waals surface area contributed by atoms with Gasteiger partial charge in [0.2, 0.25) is 53.7 Å². The first-order chi connectivity index (χ1) is 42.9. The number of urea groups is 1. The molecule has 13 amide bonds. The van der Waals surface area contributed by atoms with Gasteiger partial charge in [-0.2, -0.15) is 0 Å². The number of unbranched alkanes of at least 4 members (excludes halogenated alkanes) is 6. The quantitative estimate of drug-likeness (QED) is 0.0264. The van der Waals surface area contributed by atoms with Crippen LogP contribution in [-0.2, 0) is 52.7 Å². The van der Waals surface area contributed by atoms with Crippen molar-refractivity contribution in [2.45, 2.75) is 241 Å². The standard InChI is InChI=1S/C66H122N12O13S/c1-23-49(70-58(84)52(39-46(12)32-28-24-25-29-33-68-48(14)81)74(18)63(89)55(45(10)11)76(20)66(91)78(22)61(87)53(38-43(6)7)72(16)40-80)60(86)77(21)65(92-35-31-27-26-30-34-79)64(90)75(19)51(37-42(4)5)59(85)71-54(44(8)9)62(88)73(17)50(36-41(2)3)57(83)69-47(13)56(82)67-15/h40-47,49-55,65,79H,23-39H2,1-22H3,(H,67,82)(H,68,81)(H,69,83)(H,70,84)(H,71,85)/t46-,47+,49+,50+,51+,52?,53+,54+,55+,65-/m1/s1. The van der Waals surface area contributed by atoms with Gasteiger partial charge in [0.05, 0.1) is 0 Å². The number of carbonyl (C=O) groups is 12. The maximum Gasteiger partial charge on any atom is 0.326 e. The lowest BCUT2D eigenvalue weighted by Gasteiger charge is -2.39. The van der Waals surface area contributed by atoms with E-state index in [-0.39, 0.29) is 68.3 Å². The molecule has 0 aromatic heterocycles. The highest BCUT2D eigenvalue weighted by Gasteiger charge is 2.43. The number of thioether (sulfide) groups is 1. The minimum atomic E-state index is -1.23. The summed E-state index contributed by atoms with van der Waals surface area (Å²) < 4.78 is 0. The van der Waals surface area contributed by atoms with Gasteiger partial charge in [0.25, 0.3) is 11.8 Å². The Morgan fingerprint density at radius 1 is 0.500 bits per heavy atom. The van der Waals surface area contributed by atoms with Crippen molar-refractivity contribution in [3.8, 4) is 0 Å². The molecule has 0 aliphatic heterocycles. The van der Waals surface area contributed by atoms with Crippen molar-refractivity contribution < 1.29 is 62.6 Å². The molecule has 0 rings (SSSR count). The predicted molar refractivity (Wildman–Crippen MR) is 361 cm³/mol. The van der Waals surface area contributed by atoms with E-state index in [1.165, 1.54) is 111 Å². The minimum absolute atomic E-state index is 0.00463. The molecule has 0 saturated carbocycles. The van der Waals surface area contributed by atoms with Gasteiger partial charge in [0.1, 0.15) is 48.3 Å². The van der Waals surface area contributed by atoms with Crippen molar-refractivity contribution in [1.29, 1.82) is 0 Å². The van der Waals surface area contributed by atoms with Crippen LogP contribution in [0.25, 0.3) is 0 Å². The highest BCUT2D eigenvalue weighted by Crippen LogP contribution is 2.27. The van der Waals surface area contributed by atoms with Crippen LogP contribution < -0.4 is 26.6 Å². The molecule has 530 valence electrons. The number of likely N-dealkylation sites (N-methyl/N-ethyl adjacent to an activating group) is 8. The molecule has 0 aromatic carbocycles. The number of carbonyl (C=O) groups excluding carboxylic acids is 12. The lowest BCUT2D eigenvalue weighted by Crippen LogP contribution is -2.61. The van der Waals surface area contributed by atoms with E-state index < -0.39 is 125 Å². The number of nitrogens with one attached hydrogen (secondary N) is 5. The molecule has 0 aliphatic rings. The van der Waals surface area contributed by atoms with Gasteiger partial charge in [-0.1, -0.05) is 122 Å². The zero-order valence-corrected chi connectivity index (χ0v) is 61.0. The van der Waals surface area contributed by atoms with Gasteiger partial charge in [-0.15, -0.1) is 11.8 Å². The summed E-state index contributed by atoms with van der Waals surface area (Å²) in [5.41, 5.74) is 0. The Bertz CT molecular complexity index is 2360. The smallest absolute Gasteiger partial charge is 0.326 e. The van der Waals surface area contributed by atoms with Crippen LogP contribution in [0, 0.1) is 35.5 Å². The molecule has 25 nitrogen and oxygen atoms in total. The summed E-state index contributed by atoms with van der Waals surface area (Å²) in [5.74, 6) is -6.34. The second-order valence-electron chi connectivity index (χ2n) is 26.9. The normalized spacial score (nSPS) is 14.7. The summed E-state index contributed by atoms with van der Waals surface area (Å²) in [5, 5.41) is 22.1. The van der Waals surface area contributed by atoms with Crippen molar-refractivity contribution >= 4 is 83.3 Å². The molecular weight excluding hydrogens is 1200 g/mol. The number of hydrogen-bond acceptors (Lipinski definition) is 14. The predicted octanol–water partition coefficient (Wildman–Crippen LogP) is 5.07. The maximum absolute atomic E-state index is 15.2. The van der Waals surface area contributed by atoms with E-state index in [1.807, 2.05) is 48.5 Å². The third kappa shape index (κ3) is 28.7. The van der Waals surface area contributed by atoms with Crippen molar-refractivity contribution in [1.82, 2.24) is 60.9 Å². The van der Waals surface area contributed by atoms with E-state index in [2.05, 4.69) is 26.6 Å². The Kier molecular flexibility index (Phi) is 40.9. The van der Waals surface area contributed by atoms with E-state index in [4.69, 9.17) is 0 Å². The van der Waals surface area contributed by atoms with Gasteiger partial charge < -0.3 is 61.1 Å². The molecule has 92 heavy (non-hydrogen) atoms. The van der Waals surface area contributed by atoms with Crippen LogP contribution in [0.15, 0.2) is 0 Å². The molecule has 10 atom stereocenters. The van der Waals surface area contributed by atoms with Crippen LogP contribution in [0.3, 0.4) is 0 Å². The third-order valence-electron chi connectivity index (χ3n) is 16.7. The van der Waals surface area contributed by atoms with Crippen molar-refractivity contribution in [3.63, 3.8) is 0 Å².